The number of carbonyl (C=O) groups is 1. The average molecular weight is 268 g/mol. The highest BCUT2D eigenvalue weighted by Gasteiger charge is 2.13. The van der Waals surface area contributed by atoms with Crippen molar-refractivity contribution in [2.45, 2.75) is 13.3 Å². The number of pyridine rings is 1. The average Bonchev–Trinajstić information content (AvgIpc) is 2.85. The van der Waals surface area contributed by atoms with Gasteiger partial charge in [0, 0.05) is 18.8 Å². The lowest BCUT2D eigenvalue weighted by molar-refractivity contribution is 0.0992. The first kappa shape index (κ1) is 12.0. The fourth-order valence-corrected chi connectivity index (χ4v) is 2.82. The van der Waals surface area contributed by atoms with Crippen LogP contribution in [0.2, 0.25) is 0 Å². The summed E-state index contributed by atoms with van der Waals surface area (Å²) in [5, 5.41) is 0.574. The molecule has 94 valence electrons. The third kappa shape index (κ3) is 2.39. The maximum Gasteiger partial charge on any atom is 0.195 e. The first-order valence-electron chi connectivity index (χ1n) is 6.02. The molecule has 19 heavy (non-hydrogen) atoms. The molecule has 2 heterocycles. The summed E-state index contributed by atoms with van der Waals surface area (Å²) in [6, 6.07) is 9.72. The van der Waals surface area contributed by atoms with Gasteiger partial charge in [0.2, 0.25) is 0 Å². The van der Waals surface area contributed by atoms with E-state index in [0.717, 1.165) is 21.3 Å². The highest BCUT2D eigenvalue weighted by molar-refractivity contribution is 7.20. The molecule has 0 saturated carbocycles. The molecule has 0 aliphatic rings. The van der Waals surface area contributed by atoms with E-state index in [-0.39, 0.29) is 5.78 Å². The van der Waals surface area contributed by atoms with Gasteiger partial charge in [-0.05, 0) is 36.2 Å². The number of para-hydroxylation sites is 1. The lowest BCUT2D eigenvalue weighted by atomic mass is 10.1. The molecule has 3 rings (SSSR count). The van der Waals surface area contributed by atoms with Crippen molar-refractivity contribution in [3.63, 3.8) is 0 Å². The van der Waals surface area contributed by atoms with E-state index >= 15 is 0 Å². The number of hydrogen-bond acceptors (Lipinski definition) is 4. The van der Waals surface area contributed by atoms with Crippen molar-refractivity contribution in [3.8, 4) is 0 Å². The number of aromatic nitrogens is 2. The van der Waals surface area contributed by atoms with Crippen LogP contribution in [0.1, 0.15) is 20.9 Å². The largest absolute Gasteiger partial charge is 0.291 e. The Kier molecular flexibility index (Phi) is 3.09. The van der Waals surface area contributed by atoms with Crippen molar-refractivity contribution in [2.75, 3.05) is 0 Å². The monoisotopic (exact) mass is 268 g/mol. The molecular formula is C15H12N2OS. The standard InChI is InChI=1S/C15H12N2OS/c1-10-6-7-16-9-11(10)8-13(18)15-17-12-4-2-3-5-14(12)19-15/h2-7,9H,8H2,1H3. The van der Waals surface area contributed by atoms with E-state index in [4.69, 9.17) is 0 Å². The van der Waals surface area contributed by atoms with E-state index < -0.39 is 0 Å². The van der Waals surface area contributed by atoms with Gasteiger partial charge in [-0.2, -0.15) is 0 Å². The Balaban J connectivity index is 1.90. The van der Waals surface area contributed by atoms with Crippen molar-refractivity contribution in [3.05, 3.63) is 58.9 Å². The molecule has 4 heteroatoms. The fraction of sp³-hybridized carbons (Fsp3) is 0.133. The van der Waals surface area contributed by atoms with E-state index in [9.17, 15) is 4.79 Å². The third-order valence-corrected chi connectivity index (χ3v) is 4.11. The number of ketones is 1. The van der Waals surface area contributed by atoms with Crippen LogP contribution < -0.4 is 0 Å². The molecule has 0 fully saturated rings. The molecule has 1 aromatic carbocycles. The highest BCUT2D eigenvalue weighted by Crippen LogP contribution is 2.23. The molecule has 2 aromatic heterocycles. The summed E-state index contributed by atoms with van der Waals surface area (Å²) < 4.78 is 1.05. The van der Waals surface area contributed by atoms with Crippen molar-refractivity contribution < 1.29 is 4.79 Å². The molecular weight excluding hydrogens is 256 g/mol. The van der Waals surface area contributed by atoms with E-state index in [0.29, 0.717) is 11.4 Å². The second-order valence-corrected chi connectivity index (χ2v) is 5.42. The smallest absolute Gasteiger partial charge is 0.195 e. The Morgan fingerprint density at radius 1 is 1.26 bits per heavy atom. The minimum Gasteiger partial charge on any atom is -0.291 e. The molecule has 0 aliphatic carbocycles. The fourth-order valence-electron chi connectivity index (χ4n) is 1.92. The quantitative estimate of drug-likeness (QED) is 0.683. The molecule has 0 spiro atoms. The Morgan fingerprint density at radius 2 is 2.11 bits per heavy atom. The maximum absolute atomic E-state index is 12.3. The van der Waals surface area contributed by atoms with Crippen molar-refractivity contribution >= 4 is 27.3 Å². The molecule has 0 amide bonds. The number of benzene rings is 1. The van der Waals surface area contributed by atoms with Gasteiger partial charge in [0.1, 0.15) is 0 Å². The number of aryl methyl sites for hydroxylation is 1. The van der Waals surface area contributed by atoms with Crippen LogP contribution in [0.3, 0.4) is 0 Å². The Labute approximate surface area is 115 Å². The van der Waals surface area contributed by atoms with Crippen molar-refractivity contribution in [1.82, 2.24) is 9.97 Å². The molecule has 0 radical (unpaired) electrons. The van der Waals surface area contributed by atoms with Crippen LogP contribution >= 0.6 is 11.3 Å². The van der Waals surface area contributed by atoms with E-state index in [1.807, 2.05) is 37.3 Å². The predicted molar refractivity (Wildman–Crippen MR) is 76.6 cm³/mol. The zero-order valence-corrected chi connectivity index (χ0v) is 11.3. The van der Waals surface area contributed by atoms with Gasteiger partial charge in [-0.25, -0.2) is 4.98 Å². The summed E-state index contributed by atoms with van der Waals surface area (Å²) in [7, 11) is 0. The molecule has 0 unspecified atom stereocenters. The first-order chi connectivity index (χ1) is 9.24. The second-order valence-electron chi connectivity index (χ2n) is 4.39. The van der Waals surface area contributed by atoms with Gasteiger partial charge in [-0.15, -0.1) is 11.3 Å². The van der Waals surface area contributed by atoms with Crippen LogP contribution in [0.25, 0.3) is 10.2 Å². The second kappa shape index (κ2) is 4.90. The number of fused-ring (bicyclic) bond motifs is 1. The normalized spacial score (nSPS) is 10.8. The molecule has 0 saturated heterocycles. The summed E-state index contributed by atoms with van der Waals surface area (Å²) in [6.45, 7) is 1.99. The molecule has 0 bridgehead atoms. The van der Waals surface area contributed by atoms with Gasteiger partial charge in [-0.1, -0.05) is 12.1 Å². The van der Waals surface area contributed by atoms with E-state index in [2.05, 4.69) is 9.97 Å². The molecule has 0 N–H and O–H groups in total. The van der Waals surface area contributed by atoms with E-state index in [1.54, 1.807) is 12.4 Å². The van der Waals surface area contributed by atoms with Crippen LogP contribution in [-0.2, 0) is 6.42 Å². The maximum atomic E-state index is 12.3. The number of rotatable bonds is 3. The Bertz CT molecular complexity index is 715. The highest BCUT2D eigenvalue weighted by atomic mass is 32.1. The van der Waals surface area contributed by atoms with Gasteiger partial charge < -0.3 is 0 Å². The molecule has 3 aromatic rings. The number of nitrogens with zero attached hydrogens (tertiary/aromatic N) is 2. The Hall–Kier alpha value is -2.07. The number of hydrogen-bond donors (Lipinski definition) is 0. The minimum absolute atomic E-state index is 0.0531. The van der Waals surface area contributed by atoms with Gasteiger partial charge in [-0.3, -0.25) is 9.78 Å². The molecule has 0 atom stereocenters. The Morgan fingerprint density at radius 3 is 2.89 bits per heavy atom. The lowest BCUT2D eigenvalue weighted by Crippen LogP contribution is -2.04. The number of carbonyl (C=O) groups excluding carboxylic acids is 1. The zero-order chi connectivity index (χ0) is 13.2. The molecule has 0 aliphatic heterocycles. The number of Topliss-reactive ketones (excluding diaryl/α,β-unsaturated/α-hetero) is 1. The van der Waals surface area contributed by atoms with Crippen LogP contribution in [0, 0.1) is 6.92 Å². The summed E-state index contributed by atoms with van der Waals surface area (Å²) >= 11 is 1.45. The summed E-state index contributed by atoms with van der Waals surface area (Å²) in [5.74, 6) is 0.0531. The topological polar surface area (TPSA) is 42.9 Å². The van der Waals surface area contributed by atoms with Gasteiger partial charge in [0.25, 0.3) is 0 Å². The number of thiazole rings is 1. The van der Waals surface area contributed by atoms with Crippen LogP contribution in [-0.4, -0.2) is 15.8 Å². The van der Waals surface area contributed by atoms with Gasteiger partial charge in [0.15, 0.2) is 10.8 Å². The SMILES string of the molecule is Cc1ccncc1CC(=O)c1nc2ccccc2s1. The van der Waals surface area contributed by atoms with Crippen molar-refractivity contribution in [1.29, 1.82) is 0 Å². The predicted octanol–water partition coefficient (Wildman–Crippen LogP) is 3.43. The van der Waals surface area contributed by atoms with Gasteiger partial charge in [0.05, 0.1) is 10.2 Å². The summed E-state index contributed by atoms with van der Waals surface area (Å²) in [5.41, 5.74) is 2.94. The summed E-state index contributed by atoms with van der Waals surface area (Å²) in [6.07, 6.45) is 3.85. The van der Waals surface area contributed by atoms with Crippen LogP contribution in [0.15, 0.2) is 42.7 Å². The molecule has 3 nitrogen and oxygen atoms in total. The lowest BCUT2D eigenvalue weighted by Gasteiger charge is -2.01. The zero-order valence-electron chi connectivity index (χ0n) is 10.5. The van der Waals surface area contributed by atoms with Crippen molar-refractivity contribution in [2.24, 2.45) is 0 Å². The first-order valence-corrected chi connectivity index (χ1v) is 6.84. The summed E-state index contributed by atoms with van der Waals surface area (Å²) in [4.78, 5) is 20.7. The van der Waals surface area contributed by atoms with Crippen LogP contribution in [0.5, 0.6) is 0 Å². The third-order valence-electron chi connectivity index (χ3n) is 3.03. The van der Waals surface area contributed by atoms with Crippen LogP contribution in [0.4, 0.5) is 0 Å². The minimum atomic E-state index is 0.0531. The van der Waals surface area contributed by atoms with Gasteiger partial charge >= 0.3 is 0 Å². The van der Waals surface area contributed by atoms with E-state index in [1.165, 1.54) is 11.3 Å².